The van der Waals surface area contributed by atoms with E-state index < -0.39 is 0 Å². The summed E-state index contributed by atoms with van der Waals surface area (Å²) in [5, 5.41) is 11.0. The van der Waals surface area contributed by atoms with E-state index >= 15 is 0 Å². The highest BCUT2D eigenvalue weighted by molar-refractivity contribution is 5.94. The number of hydrogen-bond acceptors (Lipinski definition) is 6. The molecule has 1 aromatic heterocycles. The molecule has 6 nitrogen and oxygen atoms in total. The molecule has 0 bridgehead atoms. The molecule has 1 aromatic carbocycles. The number of fused-ring (bicyclic) bond motifs is 1. The zero-order valence-electron chi connectivity index (χ0n) is 11.7. The first-order chi connectivity index (χ1) is 9.13. The maximum absolute atomic E-state index is 5.81. The maximum Gasteiger partial charge on any atom is 0.160 e. The zero-order valence-corrected chi connectivity index (χ0v) is 11.7. The quantitative estimate of drug-likeness (QED) is 0.775. The average Bonchev–Trinajstić information content (AvgIpc) is 2.90. The van der Waals surface area contributed by atoms with E-state index in [0.29, 0.717) is 22.8 Å². The van der Waals surface area contributed by atoms with Gasteiger partial charge in [0, 0.05) is 19.1 Å². The number of rotatable bonds is 6. The fraction of sp³-hybridized carbons (Fsp3) is 0.538. The summed E-state index contributed by atoms with van der Waals surface area (Å²) in [7, 11) is 2.13. The maximum atomic E-state index is 5.81. The number of benzene rings is 1. The van der Waals surface area contributed by atoms with Gasteiger partial charge < -0.3 is 16.0 Å². The Hall–Kier alpha value is -1.82. The Morgan fingerprint density at radius 3 is 2.84 bits per heavy atom. The smallest absolute Gasteiger partial charge is 0.160 e. The lowest BCUT2D eigenvalue weighted by Gasteiger charge is -2.23. The van der Waals surface area contributed by atoms with E-state index in [1.54, 1.807) is 0 Å². The van der Waals surface area contributed by atoms with Crippen molar-refractivity contribution < 1.29 is 4.63 Å². The number of nitrogens with two attached hydrogens (primary N) is 1. The highest BCUT2D eigenvalue weighted by Crippen LogP contribution is 2.24. The van der Waals surface area contributed by atoms with E-state index in [9.17, 15) is 0 Å². The number of nitrogens with zero attached hydrogens (tertiary/aromatic N) is 3. The predicted octanol–water partition coefficient (Wildman–Crippen LogP) is 1.95. The third-order valence-electron chi connectivity index (χ3n) is 3.57. The lowest BCUT2D eigenvalue weighted by atomic mass is 10.2. The molecule has 19 heavy (non-hydrogen) atoms. The summed E-state index contributed by atoms with van der Waals surface area (Å²) < 4.78 is 4.74. The molecule has 1 heterocycles. The van der Waals surface area contributed by atoms with Gasteiger partial charge in [0.2, 0.25) is 0 Å². The molecule has 0 aliphatic carbocycles. The number of hydrogen-bond donors (Lipinski definition) is 2. The summed E-state index contributed by atoms with van der Waals surface area (Å²) in [5.41, 5.74) is 8.59. The molecule has 0 amide bonds. The van der Waals surface area contributed by atoms with Gasteiger partial charge in [0.25, 0.3) is 0 Å². The fourth-order valence-electron chi connectivity index (χ4n) is 1.93. The molecule has 0 saturated carbocycles. The second-order valence-corrected chi connectivity index (χ2v) is 4.83. The first kappa shape index (κ1) is 13.6. The van der Waals surface area contributed by atoms with E-state index in [2.05, 4.69) is 41.4 Å². The van der Waals surface area contributed by atoms with Crippen molar-refractivity contribution in [3.05, 3.63) is 12.1 Å². The summed E-state index contributed by atoms with van der Waals surface area (Å²) in [5.74, 6) is 0. The van der Waals surface area contributed by atoms with Crippen LogP contribution in [-0.2, 0) is 0 Å². The third kappa shape index (κ3) is 2.96. The molecule has 0 fully saturated rings. The second kappa shape index (κ2) is 5.88. The molecule has 6 heteroatoms. The topological polar surface area (TPSA) is 80.2 Å². The monoisotopic (exact) mass is 263 g/mol. The lowest BCUT2D eigenvalue weighted by molar-refractivity contribution is 0.261. The standard InChI is InChI=1S/C13H21N5O/c1-4-9(2)18(3)8-7-15-11-6-5-10(14)12-13(11)17-19-16-12/h5-6,9,15H,4,7-8,14H2,1-3H3. The Morgan fingerprint density at radius 1 is 1.37 bits per heavy atom. The van der Waals surface area contributed by atoms with Gasteiger partial charge in [-0.1, -0.05) is 6.92 Å². The van der Waals surface area contributed by atoms with Crippen molar-refractivity contribution in [1.29, 1.82) is 0 Å². The van der Waals surface area contributed by atoms with Gasteiger partial charge in [-0.15, -0.1) is 0 Å². The Bertz CT molecular complexity index is 539. The Morgan fingerprint density at radius 2 is 2.11 bits per heavy atom. The molecule has 0 aliphatic rings. The van der Waals surface area contributed by atoms with Gasteiger partial charge in [-0.05, 0) is 42.8 Å². The van der Waals surface area contributed by atoms with Crippen molar-refractivity contribution in [2.75, 3.05) is 31.2 Å². The number of likely N-dealkylation sites (N-methyl/N-ethyl adjacent to an activating group) is 1. The molecule has 104 valence electrons. The minimum atomic E-state index is 0.582. The van der Waals surface area contributed by atoms with Crippen LogP contribution in [0.25, 0.3) is 11.0 Å². The van der Waals surface area contributed by atoms with Crippen molar-refractivity contribution in [2.45, 2.75) is 26.3 Å². The summed E-state index contributed by atoms with van der Waals surface area (Å²) in [4.78, 5) is 2.32. The van der Waals surface area contributed by atoms with E-state index in [0.717, 1.165) is 25.2 Å². The van der Waals surface area contributed by atoms with Gasteiger partial charge in [0.05, 0.1) is 11.4 Å². The van der Waals surface area contributed by atoms with Gasteiger partial charge in [0.1, 0.15) is 0 Å². The van der Waals surface area contributed by atoms with Crippen molar-refractivity contribution in [2.24, 2.45) is 0 Å². The van der Waals surface area contributed by atoms with E-state index in [4.69, 9.17) is 10.4 Å². The lowest BCUT2D eigenvalue weighted by Crippen LogP contribution is -2.32. The molecule has 2 aromatic rings. The van der Waals surface area contributed by atoms with Crippen LogP contribution in [0.1, 0.15) is 20.3 Å². The Kier molecular flexibility index (Phi) is 4.21. The Labute approximate surface area is 112 Å². The molecular formula is C13H21N5O. The van der Waals surface area contributed by atoms with Gasteiger partial charge in [-0.2, -0.15) is 0 Å². The first-order valence-corrected chi connectivity index (χ1v) is 6.58. The largest absolute Gasteiger partial charge is 0.397 e. The van der Waals surface area contributed by atoms with E-state index in [-0.39, 0.29) is 0 Å². The van der Waals surface area contributed by atoms with Gasteiger partial charge in [-0.25, -0.2) is 4.63 Å². The van der Waals surface area contributed by atoms with Crippen molar-refractivity contribution in [1.82, 2.24) is 15.2 Å². The molecule has 0 spiro atoms. The molecule has 1 unspecified atom stereocenters. The average molecular weight is 263 g/mol. The zero-order chi connectivity index (χ0) is 13.8. The fourth-order valence-corrected chi connectivity index (χ4v) is 1.93. The van der Waals surface area contributed by atoms with Crippen LogP contribution >= 0.6 is 0 Å². The minimum absolute atomic E-state index is 0.582. The highest BCUT2D eigenvalue weighted by Gasteiger charge is 2.10. The van der Waals surface area contributed by atoms with Gasteiger partial charge in [0.15, 0.2) is 11.0 Å². The summed E-state index contributed by atoms with van der Waals surface area (Å²) in [6, 6.07) is 4.31. The van der Waals surface area contributed by atoms with Crippen LogP contribution < -0.4 is 11.1 Å². The van der Waals surface area contributed by atoms with Crippen LogP contribution in [0, 0.1) is 0 Å². The van der Waals surface area contributed by atoms with Crippen molar-refractivity contribution in [3.63, 3.8) is 0 Å². The SMILES string of the molecule is CCC(C)N(C)CCNc1ccc(N)c2nonc12. The molecule has 3 N–H and O–H groups in total. The predicted molar refractivity (Wildman–Crippen MR) is 77.1 cm³/mol. The normalized spacial score (nSPS) is 13.1. The number of nitrogens with one attached hydrogen (secondary N) is 1. The summed E-state index contributed by atoms with van der Waals surface area (Å²) >= 11 is 0. The van der Waals surface area contributed by atoms with Crippen molar-refractivity contribution in [3.8, 4) is 0 Å². The van der Waals surface area contributed by atoms with Crippen LogP contribution in [0.3, 0.4) is 0 Å². The molecule has 0 radical (unpaired) electrons. The van der Waals surface area contributed by atoms with Crippen LogP contribution in [0.2, 0.25) is 0 Å². The number of aromatic nitrogens is 2. The number of nitrogen functional groups attached to an aromatic ring is 1. The highest BCUT2D eigenvalue weighted by atomic mass is 16.6. The molecule has 0 aliphatic heterocycles. The van der Waals surface area contributed by atoms with Crippen molar-refractivity contribution >= 4 is 22.4 Å². The number of anilines is 2. The summed E-state index contributed by atoms with van der Waals surface area (Å²) in [6.07, 6.45) is 1.15. The van der Waals surface area contributed by atoms with Gasteiger partial charge >= 0.3 is 0 Å². The van der Waals surface area contributed by atoms with E-state index in [1.807, 2.05) is 12.1 Å². The summed E-state index contributed by atoms with van der Waals surface area (Å²) in [6.45, 7) is 6.22. The third-order valence-corrected chi connectivity index (χ3v) is 3.57. The van der Waals surface area contributed by atoms with Crippen LogP contribution in [-0.4, -0.2) is 41.4 Å². The molecule has 2 rings (SSSR count). The molecular weight excluding hydrogens is 242 g/mol. The van der Waals surface area contributed by atoms with Crippen LogP contribution in [0.5, 0.6) is 0 Å². The van der Waals surface area contributed by atoms with E-state index in [1.165, 1.54) is 0 Å². The second-order valence-electron chi connectivity index (χ2n) is 4.83. The van der Waals surface area contributed by atoms with Crippen LogP contribution in [0.4, 0.5) is 11.4 Å². The molecule has 0 saturated heterocycles. The minimum Gasteiger partial charge on any atom is -0.397 e. The molecule has 1 atom stereocenters. The Balaban J connectivity index is 1.99. The van der Waals surface area contributed by atoms with Crippen LogP contribution in [0.15, 0.2) is 16.8 Å². The van der Waals surface area contributed by atoms with Gasteiger partial charge in [-0.3, -0.25) is 0 Å². The first-order valence-electron chi connectivity index (χ1n) is 6.58.